The van der Waals surface area contributed by atoms with E-state index in [2.05, 4.69) is 35.0 Å². The molecule has 0 unspecified atom stereocenters. The Labute approximate surface area is 173 Å². The van der Waals surface area contributed by atoms with Gasteiger partial charge in [-0.25, -0.2) is 4.98 Å². The molecule has 0 spiro atoms. The molecule has 29 heavy (non-hydrogen) atoms. The Morgan fingerprint density at radius 3 is 2.62 bits per heavy atom. The summed E-state index contributed by atoms with van der Waals surface area (Å²) in [5.74, 6) is 1.88. The van der Waals surface area contributed by atoms with Gasteiger partial charge in [-0.2, -0.15) is 0 Å². The van der Waals surface area contributed by atoms with E-state index in [-0.39, 0.29) is 5.91 Å². The second kappa shape index (κ2) is 10.6. The molecule has 0 bridgehead atoms. The average Bonchev–Trinajstić information content (AvgIpc) is 3.09. The van der Waals surface area contributed by atoms with E-state index in [1.54, 1.807) is 7.11 Å². The summed E-state index contributed by atoms with van der Waals surface area (Å²) in [6.07, 6.45) is 6.00. The first-order valence-corrected chi connectivity index (χ1v) is 10.5. The molecule has 5 heteroatoms. The molecule has 1 aromatic heterocycles. The van der Waals surface area contributed by atoms with Gasteiger partial charge in [0.25, 0.3) is 0 Å². The second-order valence-electron chi connectivity index (χ2n) is 7.35. The molecule has 5 nitrogen and oxygen atoms in total. The number of rotatable bonds is 11. The van der Waals surface area contributed by atoms with Gasteiger partial charge in [0.15, 0.2) is 0 Å². The minimum absolute atomic E-state index is 0.0285. The number of aryl methyl sites for hydroxylation is 1. The lowest BCUT2D eigenvalue weighted by Gasteiger charge is -2.10. The van der Waals surface area contributed by atoms with E-state index < -0.39 is 0 Å². The van der Waals surface area contributed by atoms with Crippen LogP contribution in [0.15, 0.2) is 48.5 Å². The molecular formula is C24H31N3O2. The molecule has 0 fully saturated rings. The highest BCUT2D eigenvalue weighted by Crippen LogP contribution is 2.18. The summed E-state index contributed by atoms with van der Waals surface area (Å²) in [7, 11) is 1.64. The number of imidazole rings is 1. The van der Waals surface area contributed by atoms with Gasteiger partial charge in [0.05, 0.1) is 24.6 Å². The highest BCUT2D eigenvalue weighted by atomic mass is 16.5. The highest BCUT2D eigenvalue weighted by molar-refractivity contribution is 5.78. The fraction of sp³-hybridized carbons (Fsp3) is 0.417. The molecular weight excluding hydrogens is 362 g/mol. The monoisotopic (exact) mass is 393 g/mol. The Morgan fingerprint density at radius 1 is 1.07 bits per heavy atom. The van der Waals surface area contributed by atoms with Gasteiger partial charge in [0.1, 0.15) is 11.6 Å². The minimum atomic E-state index is 0.0285. The molecule has 0 aliphatic heterocycles. The van der Waals surface area contributed by atoms with E-state index in [1.165, 1.54) is 24.8 Å². The lowest BCUT2D eigenvalue weighted by atomic mass is 10.1. The lowest BCUT2D eigenvalue weighted by molar-refractivity contribution is -0.120. The second-order valence-corrected chi connectivity index (χ2v) is 7.35. The first kappa shape index (κ1) is 20.9. The maximum Gasteiger partial charge on any atom is 0.224 e. The Bertz CT molecular complexity index is 916. The molecule has 1 N–H and O–H groups in total. The zero-order valence-electron chi connectivity index (χ0n) is 17.5. The maximum absolute atomic E-state index is 12.3. The summed E-state index contributed by atoms with van der Waals surface area (Å²) < 4.78 is 7.48. The molecule has 0 aliphatic carbocycles. The third-order valence-electron chi connectivity index (χ3n) is 5.16. The number of nitrogens with one attached hydrogen (secondary N) is 1. The van der Waals surface area contributed by atoms with Crippen LogP contribution in [0.4, 0.5) is 0 Å². The molecule has 0 radical (unpaired) electrons. The van der Waals surface area contributed by atoms with Crippen molar-refractivity contribution in [2.75, 3.05) is 13.7 Å². The highest BCUT2D eigenvalue weighted by Gasteiger charge is 2.11. The van der Waals surface area contributed by atoms with Gasteiger partial charge in [0, 0.05) is 19.5 Å². The molecule has 0 saturated carbocycles. The van der Waals surface area contributed by atoms with Crippen LogP contribution in [-0.4, -0.2) is 29.1 Å². The van der Waals surface area contributed by atoms with Crippen LogP contribution in [-0.2, 0) is 24.2 Å². The third-order valence-corrected chi connectivity index (χ3v) is 5.16. The largest absolute Gasteiger partial charge is 0.497 e. The van der Waals surface area contributed by atoms with Gasteiger partial charge in [-0.3, -0.25) is 4.79 Å². The average molecular weight is 394 g/mol. The van der Waals surface area contributed by atoms with E-state index >= 15 is 0 Å². The number of aromatic nitrogens is 2. The quantitative estimate of drug-likeness (QED) is 0.487. The normalized spacial score (nSPS) is 11.0. The van der Waals surface area contributed by atoms with Crippen LogP contribution in [0, 0.1) is 0 Å². The number of unbranched alkanes of at least 4 members (excludes halogenated alkanes) is 3. The Kier molecular flexibility index (Phi) is 7.68. The van der Waals surface area contributed by atoms with E-state index in [4.69, 9.17) is 9.72 Å². The Morgan fingerprint density at radius 2 is 1.86 bits per heavy atom. The zero-order chi connectivity index (χ0) is 20.5. The van der Waals surface area contributed by atoms with Gasteiger partial charge < -0.3 is 14.6 Å². The lowest BCUT2D eigenvalue weighted by Crippen LogP contribution is -2.28. The molecule has 3 aromatic rings. The summed E-state index contributed by atoms with van der Waals surface area (Å²) in [6, 6.07) is 15.9. The van der Waals surface area contributed by atoms with Gasteiger partial charge in [-0.15, -0.1) is 0 Å². The molecule has 154 valence electrons. The number of hydrogen-bond donors (Lipinski definition) is 1. The van der Waals surface area contributed by atoms with Crippen molar-refractivity contribution >= 4 is 16.9 Å². The summed E-state index contributed by atoms with van der Waals surface area (Å²) in [5, 5.41) is 3.03. The number of fused-ring (bicyclic) bond motifs is 1. The number of benzene rings is 2. The van der Waals surface area contributed by atoms with Crippen molar-refractivity contribution in [2.45, 2.75) is 52.0 Å². The first-order valence-electron chi connectivity index (χ1n) is 10.5. The van der Waals surface area contributed by atoms with Crippen molar-refractivity contribution < 1.29 is 9.53 Å². The number of para-hydroxylation sites is 2. The zero-order valence-corrected chi connectivity index (χ0v) is 17.5. The number of amides is 1. The van der Waals surface area contributed by atoms with E-state index in [9.17, 15) is 4.79 Å². The Balaban J connectivity index is 1.56. The topological polar surface area (TPSA) is 56.2 Å². The summed E-state index contributed by atoms with van der Waals surface area (Å²) >= 11 is 0. The third kappa shape index (κ3) is 5.83. The van der Waals surface area contributed by atoms with Gasteiger partial charge in [-0.1, -0.05) is 50.5 Å². The van der Waals surface area contributed by atoms with Crippen LogP contribution in [0.5, 0.6) is 5.75 Å². The molecule has 0 aliphatic rings. The fourth-order valence-corrected chi connectivity index (χ4v) is 3.57. The first-order chi connectivity index (χ1) is 14.2. The van der Waals surface area contributed by atoms with Crippen molar-refractivity contribution in [3.8, 4) is 5.75 Å². The van der Waals surface area contributed by atoms with Crippen LogP contribution in [0.1, 0.15) is 44.0 Å². The molecule has 0 atom stereocenters. The van der Waals surface area contributed by atoms with Crippen molar-refractivity contribution in [2.24, 2.45) is 0 Å². The predicted molar refractivity (Wildman–Crippen MR) is 117 cm³/mol. The number of carbonyl (C=O) groups excluding carboxylic acids is 1. The molecule has 2 aromatic carbocycles. The molecule has 1 heterocycles. The summed E-state index contributed by atoms with van der Waals surface area (Å²) in [4.78, 5) is 17.1. The van der Waals surface area contributed by atoms with E-state index in [0.29, 0.717) is 13.0 Å². The molecule has 1 amide bonds. The van der Waals surface area contributed by atoms with E-state index in [0.717, 1.165) is 42.0 Å². The van der Waals surface area contributed by atoms with Gasteiger partial charge in [0.2, 0.25) is 5.91 Å². The van der Waals surface area contributed by atoms with Crippen molar-refractivity contribution in [3.05, 3.63) is 59.9 Å². The summed E-state index contributed by atoms with van der Waals surface area (Å²) in [6.45, 7) is 3.80. The predicted octanol–water partition coefficient (Wildman–Crippen LogP) is 4.53. The SMILES string of the molecule is CCCCCCn1c(CCNC(=O)Cc2ccc(OC)cc2)nc2ccccc21. The van der Waals surface area contributed by atoms with Crippen LogP contribution in [0.3, 0.4) is 0 Å². The number of carbonyl (C=O) groups is 1. The number of methoxy groups -OCH3 is 1. The fourth-order valence-electron chi connectivity index (χ4n) is 3.57. The smallest absolute Gasteiger partial charge is 0.224 e. The van der Waals surface area contributed by atoms with Crippen molar-refractivity contribution in [1.29, 1.82) is 0 Å². The van der Waals surface area contributed by atoms with Crippen molar-refractivity contribution in [1.82, 2.24) is 14.9 Å². The van der Waals surface area contributed by atoms with E-state index in [1.807, 2.05) is 30.3 Å². The van der Waals surface area contributed by atoms with Crippen LogP contribution in [0.2, 0.25) is 0 Å². The maximum atomic E-state index is 12.3. The minimum Gasteiger partial charge on any atom is -0.497 e. The number of ether oxygens (including phenoxy) is 1. The van der Waals surface area contributed by atoms with Crippen molar-refractivity contribution in [3.63, 3.8) is 0 Å². The van der Waals surface area contributed by atoms with Gasteiger partial charge in [-0.05, 0) is 36.2 Å². The molecule has 0 saturated heterocycles. The summed E-state index contributed by atoms with van der Waals surface area (Å²) in [5.41, 5.74) is 3.19. The number of nitrogens with zero attached hydrogens (tertiary/aromatic N) is 2. The van der Waals surface area contributed by atoms with Crippen LogP contribution < -0.4 is 10.1 Å². The van der Waals surface area contributed by atoms with Gasteiger partial charge >= 0.3 is 0 Å². The molecule has 3 rings (SSSR count). The van der Waals surface area contributed by atoms with Crippen LogP contribution in [0.25, 0.3) is 11.0 Å². The standard InChI is InChI=1S/C24H31N3O2/c1-3-4-5-8-17-27-22-10-7-6-9-21(22)26-23(27)15-16-25-24(28)18-19-11-13-20(29-2)14-12-19/h6-7,9-14H,3-5,8,15-18H2,1-2H3,(H,25,28). The van der Waals surface area contributed by atoms with Crippen LogP contribution >= 0.6 is 0 Å². The number of hydrogen-bond acceptors (Lipinski definition) is 3. The Hall–Kier alpha value is -2.82.